The van der Waals surface area contributed by atoms with Crippen molar-refractivity contribution in [2.24, 2.45) is 0 Å². The fourth-order valence-electron chi connectivity index (χ4n) is 3.01. The molecule has 0 N–H and O–H groups in total. The average Bonchev–Trinajstić information content (AvgIpc) is 2.96. The predicted octanol–water partition coefficient (Wildman–Crippen LogP) is 3.17. The maximum Gasteiger partial charge on any atom is 0.257 e. The van der Waals surface area contributed by atoms with E-state index in [9.17, 15) is 4.79 Å². The van der Waals surface area contributed by atoms with Crippen LogP contribution in [0.2, 0.25) is 0 Å². The van der Waals surface area contributed by atoms with E-state index < -0.39 is 0 Å². The summed E-state index contributed by atoms with van der Waals surface area (Å²) in [6.45, 7) is 9.37. The van der Waals surface area contributed by atoms with Gasteiger partial charge in [-0.15, -0.1) is 0 Å². The zero-order valence-electron chi connectivity index (χ0n) is 13.4. The fraction of sp³-hybridized carbons (Fsp3) is 0.389. The van der Waals surface area contributed by atoms with E-state index in [0.29, 0.717) is 11.3 Å². The van der Waals surface area contributed by atoms with Crippen LogP contribution >= 0.6 is 0 Å². The number of benzene rings is 1. The third-order valence-corrected chi connectivity index (χ3v) is 4.57. The van der Waals surface area contributed by atoms with E-state index in [4.69, 9.17) is 4.42 Å². The van der Waals surface area contributed by atoms with Crippen molar-refractivity contribution < 1.29 is 9.21 Å². The molecule has 1 aromatic heterocycles. The maximum absolute atomic E-state index is 12.5. The van der Waals surface area contributed by atoms with Crippen molar-refractivity contribution in [1.82, 2.24) is 4.90 Å². The van der Waals surface area contributed by atoms with Crippen molar-refractivity contribution in [2.75, 3.05) is 31.1 Å². The summed E-state index contributed by atoms with van der Waals surface area (Å²) in [6.07, 6.45) is 1.58. The zero-order valence-corrected chi connectivity index (χ0v) is 13.4. The number of carbonyl (C=O) groups excluding carboxylic acids is 1. The molecule has 2 aromatic rings. The second-order valence-electron chi connectivity index (χ2n) is 5.89. The van der Waals surface area contributed by atoms with Crippen molar-refractivity contribution in [3.63, 3.8) is 0 Å². The Kier molecular flexibility index (Phi) is 3.92. The molecular weight excluding hydrogens is 276 g/mol. The van der Waals surface area contributed by atoms with Crippen molar-refractivity contribution in [2.45, 2.75) is 20.8 Å². The second-order valence-corrected chi connectivity index (χ2v) is 5.89. The molecule has 22 heavy (non-hydrogen) atoms. The van der Waals surface area contributed by atoms with E-state index in [2.05, 4.69) is 36.9 Å². The van der Waals surface area contributed by atoms with Crippen LogP contribution in [0, 0.1) is 20.8 Å². The van der Waals surface area contributed by atoms with Gasteiger partial charge in [0, 0.05) is 31.9 Å². The fourth-order valence-corrected chi connectivity index (χ4v) is 3.01. The quantitative estimate of drug-likeness (QED) is 0.854. The van der Waals surface area contributed by atoms with Gasteiger partial charge >= 0.3 is 0 Å². The molecule has 116 valence electrons. The molecule has 0 bridgehead atoms. The number of anilines is 1. The van der Waals surface area contributed by atoms with Gasteiger partial charge in [0.2, 0.25) is 0 Å². The highest BCUT2D eigenvalue weighted by atomic mass is 16.3. The normalized spacial score (nSPS) is 15.2. The monoisotopic (exact) mass is 298 g/mol. The van der Waals surface area contributed by atoms with Gasteiger partial charge in [-0.05, 0) is 44.0 Å². The molecular formula is C18H22N2O2. The molecule has 1 aliphatic rings. The smallest absolute Gasteiger partial charge is 0.257 e. The van der Waals surface area contributed by atoms with Crippen LogP contribution in [0.5, 0.6) is 0 Å². The average molecular weight is 298 g/mol. The molecule has 0 radical (unpaired) electrons. The molecule has 1 aromatic carbocycles. The molecule has 0 saturated carbocycles. The Balaban J connectivity index is 1.69. The highest BCUT2D eigenvalue weighted by molar-refractivity contribution is 5.95. The van der Waals surface area contributed by atoms with Crippen LogP contribution in [0.15, 0.2) is 34.9 Å². The minimum atomic E-state index is 0.0758. The number of rotatable bonds is 2. The third-order valence-electron chi connectivity index (χ3n) is 4.57. The Morgan fingerprint density at radius 1 is 1.05 bits per heavy atom. The molecule has 1 aliphatic heterocycles. The third kappa shape index (κ3) is 2.61. The Hall–Kier alpha value is -2.23. The van der Waals surface area contributed by atoms with Crippen molar-refractivity contribution in [3.05, 3.63) is 53.0 Å². The van der Waals surface area contributed by atoms with Gasteiger partial charge in [-0.25, -0.2) is 0 Å². The SMILES string of the molecule is Cc1cccc(N2CCN(C(=O)c3ccoc3C)CC2)c1C. The number of piperazine rings is 1. The Morgan fingerprint density at radius 2 is 1.77 bits per heavy atom. The van der Waals surface area contributed by atoms with Crippen LogP contribution in [-0.4, -0.2) is 37.0 Å². The summed E-state index contributed by atoms with van der Waals surface area (Å²) in [5.41, 5.74) is 4.60. The number of amides is 1. The molecule has 4 nitrogen and oxygen atoms in total. The van der Waals surface area contributed by atoms with E-state index in [1.807, 2.05) is 11.8 Å². The first-order valence-corrected chi connectivity index (χ1v) is 7.72. The summed E-state index contributed by atoms with van der Waals surface area (Å²) in [7, 11) is 0. The summed E-state index contributed by atoms with van der Waals surface area (Å²) in [4.78, 5) is 16.8. The lowest BCUT2D eigenvalue weighted by atomic mass is 10.1. The lowest BCUT2D eigenvalue weighted by Crippen LogP contribution is -2.49. The lowest BCUT2D eigenvalue weighted by molar-refractivity contribution is 0.0745. The summed E-state index contributed by atoms with van der Waals surface area (Å²) >= 11 is 0. The molecule has 1 saturated heterocycles. The van der Waals surface area contributed by atoms with Gasteiger partial charge in [-0.1, -0.05) is 12.1 Å². The van der Waals surface area contributed by atoms with Gasteiger partial charge in [0.25, 0.3) is 5.91 Å². The number of furan rings is 1. The number of carbonyl (C=O) groups is 1. The lowest BCUT2D eigenvalue weighted by Gasteiger charge is -2.37. The molecule has 0 atom stereocenters. The number of aryl methyl sites for hydroxylation is 2. The van der Waals surface area contributed by atoms with Crippen LogP contribution < -0.4 is 4.90 Å². The standard InChI is InChI=1S/C18H22N2O2/c1-13-5-4-6-17(14(13)2)19-8-10-20(11-9-19)18(21)16-7-12-22-15(16)3/h4-7,12H,8-11H2,1-3H3. The largest absolute Gasteiger partial charge is 0.469 e. The van der Waals surface area contributed by atoms with Gasteiger partial charge in [-0.3, -0.25) is 4.79 Å². The second kappa shape index (κ2) is 5.87. The molecule has 0 unspecified atom stereocenters. The van der Waals surface area contributed by atoms with Gasteiger partial charge in [-0.2, -0.15) is 0 Å². The van der Waals surface area contributed by atoms with Crippen LogP contribution in [0.3, 0.4) is 0 Å². The van der Waals surface area contributed by atoms with Gasteiger partial charge in [0.1, 0.15) is 5.76 Å². The molecule has 1 amide bonds. The van der Waals surface area contributed by atoms with E-state index in [-0.39, 0.29) is 5.91 Å². The minimum Gasteiger partial charge on any atom is -0.469 e. The van der Waals surface area contributed by atoms with E-state index in [1.54, 1.807) is 12.3 Å². The van der Waals surface area contributed by atoms with Crippen LogP contribution in [-0.2, 0) is 0 Å². The summed E-state index contributed by atoms with van der Waals surface area (Å²) in [5, 5.41) is 0. The maximum atomic E-state index is 12.5. The van der Waals surface area contributed by atoms with Gasteiger partial charge in [0.15, 0.2) is 0 Å². The topological polar surface area (TPSA) is 36.7 Å². The highest BCUT2D eigenvalue weighted by Crippen LogP contribution is 2.24. The summed E-state index contributed by atoms with van der Waals surface area (Å²) in [5.74, 6) is 0.772. The molecule has 0 aliphatic carbocycles. The van der Waals surface area contributed by atoms with Crippen LogP contribution in [0.1, 0.15) is 27.2 Å². The first kappa shape index (κ1) is 14.7. The summed E-state index contributed by atoms with van der Waals surface area (Å²) in [6, 6.07) is 8.17. The van der Waals surface area contributed by atoms with E-state index >= 15 is 0 Å². The molecule has 4 heteroatoms. The summed E-state index contributed by atoms with van der Waals surface area (Å²) < 4.78 is 5.24. The van der Waals surface area contributed by atoms with Crippen LogP contribution in [0.4, 0.5) is 5.69 Å². The number of nitrogens with zero attached hydrogens (tertiary/aromatic N) is 2. The molecule has 0 spiro atoms. The molecule has 2 heterocycles. The Bertz CT molecular complexity index is 682. The molecule has 1 fully saturated rings. The van der Waals surface area contributed by atoms with Crippen molar-refractivity contribution >= 4 is 11.6 Å². The predicted molar refractivity (Wildman–Crippen MR) is 87.5 cm³/mol. The Labute approximate surface area is 131 Å². The van der Waals surface area contributed by atoms with E-state index in [1.165, 1.54) is 16.8 Å². The minimum absolute atomic E-state index is 0.0758. The van der Waals surface area contributed by atoms with Crippen molar-refractivity contribution in [3.8, 4) is 0 Å². The highest BCUT2D eigenvalue weighted by Gasteiger charge is 2.24. The van der Waals surface area contributed by atoms with Crippen molar-refractivity contribution in [1.29, 1.82) is 0 Å². The first-order chi connectivity index (χ1) is 10.6. The number of hydrogen-bond acceptors (Lipinski definition) is 3. The van der Waals surface area contributed by atoms with Crippen LogP contribution in [0.25, 0.3) is 0 Å². The number of hydrogen-bond donors (Lipinski definition) is 0. The molecule has 3 rings (SSSR count). The Morgan fingerprint density at radius 3 is 2.41 bits per heavy atom. The van der Waals surface area contributed by atoms with E-state index in [0.717, 1.165) is 26.2 Å². The van der Waals surface area contributed by atoms with Gasteiger partial charge in [0.05, 0.1) is 11.8 Å². The van der Waals surface area contributed by atoms with Gasteiger partial charge < -0.3 is 14.2 Å². The zero-order chi connectivity index (χ0) is 15.7. The first-order valence-electron chi connectivity index (χ1n) is 7.72.